The summed E-state index contributed by atoms with van der Waals surface area (Å²) in [6.45, 7) is 5.98. The Kier molecular flexibility index (Phi) is 5.81. The number of hydrogen-bond acceptors (Lipinski definition) is 4. The van der Waals surface area contributed by atoms with Crippen LogP contribution in [0.15, 0.2) is 24.5 Å². The highest BCUT2D eigenvalue weighted by Crippen LogP contribution is 2.29. The molecule has 0 unspecified atom stereocenters. The van der Waals surface area contributed by atoms with E-state index in [1.807, 2.05) is 13.8 Å². The zero-order valence-electron chi connectivity index (χ0n) is 14.3. The molecule has 0 saturated heterocycles. The van der Waals surface area contributed by atoms with E-state index >= 15 is 0 Å². The van der Waals surface area contributed by atoms with Gasteiger partial charge >= 0.3 is 12.1 Å². The van der Waals surface area contributed by atoms with E-state index in [1.54, 1.807) is 13.1 Å². The third kappa shape index (κ3) is 4.80. The fourth-order valence-corrected chi connectivity index (χ4v) is 2.38. The summed E-state index contributed by atoms with van der Waals surface area (Å²) in [7, 11) is 0. The lowest BCUT2D eigenvalue weighted by Gasteiger charge is -2.06. The lowest BCUT2D eigenvalue weighted by Crippen LogP contribution is -2.07. The first-order chi connectivity index (χ1) is 11.7. The van der Waals surface area contributed by atoms with Crippen LogP contribution in [-0.4, -0.2) is 27.3 Å². The summed E-state index contributed by atoms with van der Waals surface area (Å²) in [5.41, 5.74) is 0.825. The quantitative estimate of drug-likeness (QED) is 0.738. The molecule has 0 aliphatic rings. The molecule has 0 aliphatic carbocycles. The summed E-state index contributed by atoms with van der Waals surface area (Å²) in [6.07, 6.45) is -1.27. The SMILES string of the molecule is CCOC(=O)CCc1cn(-c2ccc(C(F)(F)F)cn2)nc1C(C)C. The number of aromatic nitrogens is 3. The number of nitrogens with zero attached hydrogens (tertiary/aromatic N) is 3. The molecule has 2 rings (SSSR count). The van der Waals surface area contributed by atoms with E-state index in [0.29, 0.717) is 13.0 Å². The molecule has 2 aromatic rings. The van der Waals surface area contributed by atoms with Crippen LogP contribution in [0.5, 0.6) is 0 Å². The number of rotatable bonds is 6. The van der Waals surface area contributed by atoms with Crippen molar-refractivity contribution in [1.82, 2.24) is 14.8 Å². The van der Waals surface area contributed by atoms with Gasteiger partial charge in [-0.05, 0) is 37.0 Å². The molecular formula is C17H20F3N3O2. The van der Waals surface area contributed by atoms with E-state index < -0.39 is 11.7 Å². The molecule has 0 amide bonds. The molecule has 5 nitrogen and oxygen atoms in total. The summed E-state index contributed by atoms with van der Waals surface area (Å²) < 4.78 is 44.2. The van der Waals surface area contributed by atoms with Crippen molar-refractivity contribution in [2.24, 2.45) is 0 Å². The van der Waals surface area contributed by atoms with Gasteiger partial charge in [-0.1, -0.05) is 13.8 Å². The summed E-state index contributed by atoms with van der Waals surface area (Å²) in [5.74, 6) is 0.0998. The Morgan fingerprint density at radius 1 is 1.32 bits per heavy atom. The highest BCUT2D eigenvalue weighted by atomic mass is 19.4. The molecule has 0 saturated carbocycles. The number of alkyl halides is 3. The molecule has 25 heavy (non-hydrogen) atoms. The minimum Gasteiger partial charge on any atom is -0.466 e. The lowest BCUT2D eigenvalue weighted by atomic mass is 10.0. The number of halogens is 3. The molecule has 2 aromatic heterocycles. The zero-order chi connectivity index (χ0) is 18.6. The van der Waals surface area contributed by atoms with Crippen molar-refractivity contribution in [1.29, 1.82) is 0 Å². The van der Waals surface area contributed by atoms with E-state index in [2.05, 4.69) is 10.1 Å². The summed E-state index contributed by atoms with van der Waals surface area (Å²) in [4.78, 5) is 15.4. The second-order valence-electron chi connectivity index (χ2n) is 5.85. The molecular weight excluding hydrogens is 335 g/mol. The standard InChI is InChI=1S/C17H20F3N3O2/c1-4-25-15(24)8-5-12-10-23(22-16(12)11(2)3)14-7-6-13(9-21-14)17(18,19)20/h6-7,9-11H,4-5,8H2,1-3H3. The number of hydrogen-bond donors (Lipinski definition) is 0. The molecule has 0 bridgehead atoms. The van der Waals surface area contributed by atoms with Crippen LogP contribution >= 0.6 is 0 Å². The largest absolute Gasteiger partial charge is 0.466 e. The van der Waals surface area contributed by atoms with E-state index in [0.717, 1.165) is 23.5 Å². The molecule has 0 aliphatic heterocycles. The Bertz CT molecular complexity index is 722. The molecule has 0 radical (unpaired) electrons. The molecule has 0 spiro atoms. The number of ether oxygens (including phenoxy) is 1. The Balaban J connectivity index is 2.24. The van der Waals surface area contributed by atoms with Crippen LogP contribution in [0, 0.1) is 0 Å². The van der Waals surface area contributed by atoms with Crippen LogP contribution in [0.1, 0.15) is 49.9 Å². The number of esters is 1. The van der Waals surface area contributed by atoms with Gasteiger partial charge in [-0.15, -0.1) is 0 Å². The Morgan fingerprint density at radius 2 is 2.04 bits per heavy atom. The number of carbonyl (C=O) groups excluding carboxylic acids is 1. The second kappa shape index (κ2) is 7.67. The van der Waals surface area contributed by atoms with Crippen LogP contribution < -0.4 is 0 Å². The van der Waals surface area contributed by atoms with Gasteiger partial charge in [-0.3, -0.25) is 4.79 Å². The van der Waals surface area contributed by atoms with Crippen molar-refractivity contribution < 1.29 is 22.7 Å². The van der Waals surface area contributed by atoms with Crippen LogP contribution in [0.4, 0.5) is 13.2 Å². The van der Waals surface area contributed by atoms with Crippen molar-refractivity contribution >= 4 is 5.97 Å². The van der Waals surface area contributed by atoms with Crippen molar-refractivity contribution in [2.75, 3.05) is 6.61 Å². The Hall–Kier alpha value is -2.38. The first-order valence-electron chi connectivity index (χ1n) is 8.00. The smallest absolute Gasteiger partial charge is 0.417 e. The molecule has 8 heteroatoms. The van der Waals surface area contributed by atoms with E-state index in [1.165, 1.54) is 10.7 Å². The highest BCUT2D eigenvalue weighted by molar-refractivity contribution is 5.69. The predicted octanol–water partition coefficient (Wildman–Crippen LogP) is 3.91. The molecule has 2 heterocycles. The van der Waals surface area contributed by atoms with Gasteiger partial charge in [0, 0.05) is 18.8 Å². The number of carbonyl (C=O) groups is 1. The van der Waals surface area contributed by atoms with Crippen LogP contribution in [-0.2, 0) is 22.1 Å². The molecule has 136 valence electrons. The zero-order valence-corrected chi connectivity index (χ0v) is 14.3. The number of pyridine rings is 1. The Labute approximate surface area is 143 Å². The molecule has 0 aromatic carbocycles. The van der Waals surface area contributed by atoms with Gasteiger partial charge in [-0.25, -0.2) is 9.67 Å². The maximum atomic E-state index is 12.6. The molecule has 0 atom stereocenters. The van der Waals surface area contributed by atoms with Crippen molar-refractivity contribution in [2.45, 2.75) is 45.7 Å². The van der Waals surface area contributed by atoms with Gasteiger partial charge in [-0.2, -0.15) is 18.3 Å². The van der Waals surface area contributed by atoms with Crippen LogP contribution in [0.25, 0.3) is 5.82 Å². The molecule has 0 fully saturated rings. The first kappa shape index (κ1) is 19.0. The third-order valence-corrected chi connectivity index (χ3v) is 3.58. The third-order valence-electron chi connectivity index (χ3n) is 3.58. The maximum Gasteiger partial charge on any atom is 0.417 e. The number of aryl methyl sites for hydroxylation is 1. The van der Waals surface area contributed by atoms with Gasteiger partial charge in [0.25, 0.3) is 0 Å². The summed E-state index contributed by atoms with van der Waals surface area (Å²) in [5, 5.41) is 4.42. The van der Waals surface area contributed by atoms with Gasteiger partial charge in [0.15, 0.2) is 5.82 Å². The highest BCUT2D eigenvalue weighted by Gasteiger charge is 2.30. The monoisotopic (exact) mass is 355 g/mol. The summed E-state index contributed by atoms with van der Waals surface area (Å²) in [6, 6.07) is 2.24. The second-order valence-corrected chi connectivity index (χ2v) is 5.85. The van der Waals surface area contributed by atoms with E-state index in [9.17, 15) is 18.0 Å². The van der Waals surface area contributed by atoms with Gasteiger partial charge in [0.1, 0.15) is 0 Å². The fourth-order valence-electron chi connectivity index (χ4n) is 2.38. The average molecular weight is 355 g/mol. The van der Waals surface area contributed by atoms with Gasteiger partial charge < -0.3 is 4.74 Å². The van der Waals surface area contributed by atoms with Gasteiger partial charge in [0.2, 0.25) is 0 Å². The maximum absolute atomic E-state index is 12.6. The van der Waals surface area contributed by atoms with Gasteiger partial charge in [0.05, 0.1) is 17.9 Å². The fraction of sp³-hybridized carbons (Fsp3) is 0.471. The van der Waals surface area contributed by atoms with E-state index in [4.69, 9.17) is 4.74 Å². The summed E-state index contributed by atoms with van der Waals surface area (Å²) >= 11 is 0. The normalized spacial score (nSPS) is 11.8. The minimum absolute atomic E-state index is 0.105. The van der Waals surface area contributed by atoms with Crippen molar-refractivity contribution in [3.05, 3.63) is 41.3 Å². The Morgan fingerprint density at radius 3 is 2.56 bits per heavy atom. The lowest BCUT2D eigenvalue weighted by molar-refractivity contribution is -0.143. The van der Waals surface area contributed by atoms with Crippen molar-refractivity contribution in [3.8, 4) is 5.82 Å². The van der Waals surface area contributed by atoms with Crippen LogP contribution in [0.3, 0.4) is 0 Å². The molecule has 0 N–H and O–H groups in total. The van der Waals surface area contributed by atoms with Crippen molar-refractivity contribution in [3.63, 3.8) is 0 Å². The average Bonchev–Trinajstić information content (AvgIpc) is 2.97. The topological polar surface area (TPSA) is 57.0 Å². The first-order valence-corrected chi connectivity index (χ1v) is 8.00. The van der Waals surface area contributed by atoms with Crippen LogP contribution in [0.2, 0.25) is 0 Å². The van der Waals surface area contributed by atoms with E-state index in [-0.39, 0.29) is 24.1 Å². The predicted molar refractivity (Wildman–Crippen MR) is 85.4 cm³/mol. The minimum atomic E-state index is -4.43.